The third-order valence-electron chi connectivity index (χ3n) is 5.27. The van der Waals surface area contributed by atoms with Gasteiger partial charge < -0.3 is 10.0 Å². The van der Waals surface area contributed by atoms with Crippen LogP contribution in [0.3, 0.4) is 0 Å². The highest BCUT2D eigenvalue weighted by Gasteiger charge is 2.39. The lowest BCUT2D eigenvalue weighted by Crippen LogP contribution is -2.56. The van der Waals surface area contributed by atoms with E-state index in [9.17, 15) is 9.90 Å². The lowest BCUT2D eigenvalue weighted by Gasteiger charge is -2.43. The zero-order chi connectivity index (χ0) is 15.7. The van der Waals surface area contributed by atoms with Crippen molar-refractivity contribution >= 4 is 17.2 Å². The Balaban J connectivity index is 1.72. The summed E-state index contributed by atoms with van der Waals surface area (Å²) in [4.78, 5) is 17.7. The fourth-order valence-corrected chi connectivity index (χ4v) is 4.84. The summed E-state index contributed by atoms with van der Waals surface area (Å²) >= 11 is 1.49. The monoisotopic (exact) mass is 322 g/mol. The molecule has 0 spiro atoms. The first kappa shape index (κ1) is 16.0. The number of hydrogen-bond acceptors (Lipinski definition) is 4. The van der Waals surface area contributed by atoms with Gasteiger partial charge in [0.15, 0.2) is 0 Å². The number of aliphatic hydroxyl groups excluding tert-OH is 1. The zero-order valence-corrected chi connectivity index (χ0v) is 14.3. The molecule has 1 aliphatic carbocycles. The van der Waals surface area contributed by atoms with Gasteiger partial charge in [0.1, 0.15) is 0 Å². The fraction of sp³-hybridized carbons (Fsp3) is 0.706. The molecule has 1 saturated heterocycles. The highest BCUT2D eigenvalue weighted by Crippen LogP contribution is 2.30. The molecule has 2 fully saturated rings. The molecular weight excluding hydrogens is 296 g/mol. The van der Waals surface area contributed by atoms with Crippen LogP contribution in [0.15, 0.2) is 11.4 Å². The normalized spacial score (nSPS) is 29.7. The van der Waals surface area contributed by atoms with E-state index in [2.05, 4.69) is 4.90 Å². The lowest BCUT2D eigenvalue weighted by atomic mass is 9.86. The Morgan fingerprint density at radius 1 is 1.32 bits per heavy atom. The maximum Gasteiger partial charge on any atom is 0.264 e. The molecule has 0 radical (unpaired) electrons. The van der Waals surface area contributed by atoms with Gasteiger partial charge in [-0.3, -0.25) is 9.69 Å². The molecular formula is C17H26N2O2S. The number of hydrogen-bond donors (Lipinski definition) is 1. The van der Waals surface area contributed by atoms with Crippen LogP contribution in [0, 0.1) is 6.92 Å². The molecule has 1 N–H and O–H groups in total. The maximum absolute atomic E-state index is 12.7. The van der Waals surface area contributed by atoms with E-state index in [1.807, 2.05) is 25.4 Å². The van der Waals surface area contributed by atoms with Crippen LogP contribution in [0.1, 0.15) is 47.3 Å². The number of amides is 1. The van der Waals surface area contributed by atoms with Crippen LogP contribution < -0.4 is 0 Å². The van der Waals surface area contributed by atoms with Gasteiger partial charge in [-0.05, 0) is 69.1 Å². The van der Waals surface area contributed by atoms with Gasteiger partial charge in [-0.1, -0.05) is 0 Å². The molecule has 122 valence electrons. The number of aryl methyl sites for hydroxylation is 1. The van der Waals surface area contributed by atoms with Gasteiger partial charge >= 0.3 is 0 Å². The molecule has 1 amide bonds. The van der Waals surface area contributed by atoms with E-state index in [-0.39, 0.29) is 18.0 Å². The quantitative estimate of drug-likeness (QED) is 0.930. The summed E-state index contributed by atoms with van der Waals surface area (Å²) in [5, 5.41) is 12.8. The van der Waals surface area contributed by atoms with Crippen LogP contribution >= 0.6 is 11.3 Å². The first-order valence-electron chi connectivity index (χ1n) is 8.33. The largest absolute Gasteiger partial charge is 0.389 e. The molecule has 2 heterocycles. The van der Waals surface area contributed by atoms with Crippen molar-refractivity contribution in [3.05, 3.63) is 21.9 Å². The Kier molecular flexibility index (Phi) is 4.85. The zero-order valence-electron chi connectivity index (χ0n) is 13.5. The third-order valence-corrected chi connectivity index (χ3v) is 6.28. The second-order valence-corrected chi connectivity index (χ2v) is 7.56. The van der Waals surface area contributed by atoms with E-state index in [1.54, 1.807) is 4.90 Å². The molecule has 22 heavy (non-hydrogen) atoms. The number of aliphatic hydroxyl groups is 1. The van der Waals surface area contributed by atoms with Crippen molar-refractivity contribution < 1.29 is 9.90 Å². The van der Waals surface area contributed by atoms with Crippen LogP contribution in [-0.2, 0) is 0 Å². The predicted octanol–water partition coefficient (Wildman–Crippen LogP) is 2.51. The number of thiophene rings is 1. The Hall–Kier alpha value is -0.910. The maximum atomic E-state index is 12.7. The molecule has 3 atom stereocenters. The average Bonchev–Trinajstić information content (AvgIpc) is 3.17. The third kappa shape index (κ3) is 2.94. The van der Waals surface area contributed by atoms with Crippen molar-refractivity contribution in [1.29, 1.82) is 0 Å². The lowest BCUT2D eigenvalue weighted by molar-refractivity contribution is -0.0240. The summed E-state index contributed by atoms with van der Waals surface area (Å²) in [5.41, 5.74) is 1.03. The van der Waals surface area contributed by atoms with Crippen LogP contribution in [0.4, 0.5) is 0 Å². The van der Waals surface area contributed by atoms with Gasteiger partial charge in [0.25, 0.3) is 5.91 Å². The predicted molar refractivity (Wildman–Crippen MR) is 89.4 cm³/mol. The first-order valence-corrected chi connectivity index (χ1v) is 9.21. The van der Waals surface area contributed by atoms with Crippen molar-refractivity contribution in [2.45, 2.75) is 57.2 Å². The van der Waals surface area contributed by atoms with Crippen molar-refractivity contribution in [3.63, 3.8) is 0 Å². The standard InChI is InChI=1S/C17H26N2O2S/c1-12-8-11-22-16(12)17(21)18(2)13-6-5-7-14(15(13)20)19-9-3-4-10-19/h8,11,13-15,20H,3-7,9-10H2,1-2H3/t13-,14-,15-/m1/s1. The number of likely N-dealkylation sites (tertiary alicyclic amines) is 1. The van der Waals surface area contributed by atoms with E-state index in [0.29, 0.717) is 0 Å². The number of carbonyl (C=O) groups is 1. The second kappa shape index (κ2) is 6.69. The highest BCUT2D eigenvalue weighted by molar-refractivity contribution is 7.12. The molecule has 0 unspecified atom stereocenters. The molecule has 5 heteroatoms. The van der Waals surface area contributed by atoms with Crippen molar-refractivity contribution in [2.24, 2.45) is 0 Å². The topological polar surface area (TPSA) is 43.8 Å². The molecule has 1 saturated carbocycles. The Morgan fingerprint density at radius 3 is 2.68 bits per heavy atom. The molecule has 1 aromatic rings. The van der Waals surface area contributed by atoms with Gasteiger partial charge in [0, 0.05) is 13.1 Å². The highest BCUT2D eigenvalue weighted by atomic mass is 32.1. The number of likely N-dealkylation sites (N-methyl/N-ethyl adjacent to an activating group) is 1. The molecule has 2 aliphatic rings. The molecule has 1 aromatic heterocycles. The van der Waals surface area contributed by atoms with Crippen molar-refractivity contribution in [1.82, 2.24) is 9.80 Å². The molecule has 3 rings (SSSR count). The second-order valence-electron chi connectivity index (χ2n) is 6.65. The molecule has 0 aromatic carbocycles. The van der Waals surface area contributed by atoms with Gasteiger partial charge in [-0.25, -0.2) is 0 Å². The van der Waals surface area contributed by atoms with E-state index >= 15 is 0 Å². The summed E-state index contributed by atoms with van der Waals surface area (Å²) < 4.78 is 0. The Morgan fingerprint density at radius 2 is 2.05 bits per heavy atom. The van der Waals surface area contributed by atoms with Crippen LogP contribution in [0.25, 0.3) is 0 Å². The van der Waals surface area contributed by atoms with Gasteiger partial charge in [0.05, 0.1) is 17.0 Å². The Labute approximate surface area is 136 Å². The summed E-state index contributed by atoms with van der Waals surface area (Å²) in [6.45, 7) is 4.16. The van der Waals surface area contributed by atoms with E-state index in [1.165, 1.54) is 24.2 Å². The summed E-state index contributed by atoms with van der Waals surface area (Å²) in [7, 11) is 1.85. The molecule has 1 aliphatic heterocycles. The minimum Gasteiger partial charge on any atom is -0.389 e. The fourth-order valence-electron chi connectivity index (χ4n) is 3.93. The minimum absolute atomic E-state index is 0.0543. The van der Waals surface area contributed by atoms with E-state index < -0.39 is 6.10 Å². The number of nitrogens with zero attached hydrogens (tertiary/aromatic N) is 2. The van der Waals surface area contributed by atoms with Crippen molar-refractivity contribution in [2.75, 3.05) is 20.1 Å². The van der Waals surface area contributed by atoms with Crippen LogP contribution in [-0.4, -0.2) is 59.1 Å². The SMILES string of the molecule is Cc1ccsc1C(=O)N(C)[C@@H]1CCC[C@@H](N2CCCC2)[C@@H]1O. The van der Waals surface area contributed by atoms with Crippen LogP contribution in [0.2, 0.25) is 0 Å². The van der Waals surface area contributed by atoms with Gasteiger partial charge in [-0.2, -0.15) is 0 Å². The number of rotatable bonds is 3. The summed E-state index contributed by atoms with van der Waals surface area (Å²) in [5.74, 6) is 0.0543. The number of carbonyl (C=O) groups excluding carboxylic acids is 1. The van der Waals surface area contributed by atoms with E-state index in [0.717, 1.165) is 42.8 Å². The summed E-state index contributed by atoms with van der Waals surface area (Å²) in [6, 6.07) is 2.14. The average molecular weight is 322 g/mol. The van der Waals surface area contributed by atoms with E-state index in [4.69, 9.17) is 0 Å². The van der Waals surface area contributed by atoms with Gasteiger partial charge in [0.2, 0.25) is 0 Å². The van der Waals surface area contributed by atoms with Crippen molar-refractivity contribution in [3.8, 4) is 0 Å². The smallest absolute Gasteiger partial charge is 0.264 e. The first-order chi connectivity index (χ1) is 10.6. The minimum atomic E-state index is -0.430. The Bertz CT molecular complexity index is 524. The molecule has 0 bridgehead atoms. The van der Waals surface area contributed by atoms with Gasteiger partial charge in [-0.15, -0.1) is 11.3 Å². The molecule has 4 nitrogen and oxygen atoms in total. The summed E-state index contributed by atoms with van der Waals surface area (Å²) in [6.07, 6.45) is 5.08. The van der Waals surface area contributed by atoms with Crippen LogP contribution in [0.5, 0.6) is 0 Å².